The maximum Gasteiger partial charge on any atom is 0.222 e. The lowest BCUT2D eigenvalue weighted by molar-refractivity contribution is -0.130. The van der Waals surface area contributed by atoms with Crippen LogP contribution in [0.5, 0.6) is 5.88 Å². The Balaban J connectivity index is 2.12. The van der Waals surface area contributed by atoms with Gasteiger partial charge in [-0.3, -0.25) is 4.79 Å². The van der Waals surface area contributed by atoms with Gasteiger partial charge in [-0.25, -0.2) is 4.98 Å². The largest absolute Gasteiger partial charge is 0.481 e. The van der Waals surface area contributed by atoms with E-state index in [2.05, 4.69) is 20.9 Å². The number of anilines is 1. The van der Waals surface area contributed by atoms with Crippen molar-refractivity contribution < 1.29 is 14.6 Å². The standard InChI is InChI=1S/C14H20BrN3O3/c1-17(2)14(20)4-9-7-18(8-12(9)19)11-5-13(21-3)16-6-10(11)15/h5-6,9,12,19H,4,7-8H2,1-3H3/t9-,12-/m1/s1. The van der Waals surface area contributed by atoms with E-state index in [1.165, 1.54) is 0 Å². The summed E-state index contributed by atoms with van der Waals surface area (Å²) >= 11 is 3.47. The number of hydrogen-bond acceptors (Lipinski definition) is 5. The first-order valence-electron chi connectivity index (χ1n) is 6.75. The van der Waals surface area contributed by atoms with Crippen molar-refractivity contribution in [3.05, 3.63) is 16.7 Å². The Kier molecular flexibility index (Phi) is 5.05. The average molecular weight is 358 g/mol. The number of amides is 1. The van der Waals surface area contributed by atoms with Crippen LogP contribution < -0.4 is 9.64 Å². The summed E-state index contributed by atoms with van der Waals surface area (Å²) in [4.78, 5) is 19.5. The van der Waals surface area contributed by atoms with Crippen LogP contribution in [0.2, 0.25) is 0 Å². The van der Waals surface area contributed by atoms with Gasteiger partial charge in [0, 0.05) is 51.8 Å². The Labute approximate surface area is 132 Å². The minimum atomic E-state index is -0.514. The lowest BCUT2D eigenvalue weighted by Crippen LogP contribution is -2.28. The maximum atomic E-state index is 11.8. The predicted molar refractivity (Wildman–Crippen MR) is 83.5 cm³/mol. The molecular weight excluding hydrogens is 338 g/mol. The molecule has 0 saturated carbocycles. The number of ether oxygens (including phenoxy) is 1. The van der Waals surface area contributed by atoms with Crippen LogP contribution in [0.15, 0.2) is 16.7 Å². The average Bonchev–Trinajstić information content (AvgIpc) is 2.80. The van der Waals surface area contributed by atoms with E-state index < -0.39 is 6.10 Å². The van der Waals surface area contributed by atoms with E-state index in [1.807, 2.05) is 11.0 Å². The summed E-state index contributed by atoms with van der Waals surface area (Å²) in [6.07, 6.45) is 1.52. The first kappa shape index (κ1) is 16.0. The van der Waals surface area contributed by atoms with Crippen molar-refractivity contribution >= 4 is 27.5 Å². The highest BCUT2D eigenvalue weighted by Crippen LogP contribution is 2.33. The minimum Gasteiger partial charge on any atom is -0.481 e. The third kappa shape index (κ3) is 3.65. The molecule has 1 amide bonds. The molecule has 1 saturated heterocycles. The van der Waals surface area contributed by atoms with Crippen LogP contribution in [0.3, 0.4) is 0 Å². The summed E-state index contributed by atoms with van der Waals surface area (Å²) in [6, 6.07) is 1.83. The van der Waals surface area contributed by atoms with Gasteiger partial charge in [0.2, 0.25) is 11.8 Å². The number of aromatic nitrogens is 1. The molecule has 0 bridgehead atoms. The van der Waals surface area contributed by atoms with Gasteiger partial charge >= 0.3 is 0 Å². The zero-order valence-corrected chi connectivity index (χ0v) is 14.0. The topological polar surface area (TPSA) is 65.9 Å². The van der Waals surface area contributed by atoms with Gasteiger partial charge in [0.15, 0.2) is 0 Å². The number of β-amino-alcohol motifs (C(OH)–C–C–N with tert-alkyl or cyclic N) is 1. The Morgan fingerprint density at radius 2 is 2.29 bits per heavy atom. The molecule has 21 heavy (non-hydrogen) atoms. The van der Waals surface area contributed by atoms with Crippen molar-refractivity contribution in [2.24, 2.45) is 5.92 Å². The van der Waals surface area contributed by atoms with E-state index in [9.17, 15) is 9.90 Å². The number of hydrogen-bond donors (Lipinski definition) is 1. The van der Waals surface area contributed by atoms with Gasteiger partial charge in [-0.05, 0) is 15.9 Å². The van der Waals surface area contributed by atoms with Crippen molar-refractivity contribution in [2.75, 3.05) is 39.2 Å². The predicted octanol–water partition coefficient (Wildman–Crippen LogP) is 1.13. The molecule has 0 aliphatic carbocycles. The van der Waals surface area contributed by atoms with E-state index >= 15 is 0 Å². The second-order valence-corrected chi connectivity index (χ2v) is 6.26. The monoisotopic (exact) mass is 357 g/mol. The molecule has 2 atom stereocenters. The number of halogens is 1. The smallest absolute Gasteiger partial charge is 0.222 e. The van der Waals surface area contributed by atoms with Gasteiger partial charge in [-0.2, -0.15) is 0 Å². The third-order valence-corrected chi connectivity index (χ3v) is 4.31. The van der Waals surface area contributed by atoms with Crippen LogP contribution in [0.1, 0.15) is 6.42 Å². The molecule has 116 valence electrons. The number of methoxy groups -OCH3 is 1. The third-order valence-electron chi connectivity index (χ3n) is 3.70. The Hall–Kier alpha value is -1.34. The number of rotatable bonds is 4. The summed E-state index contributed by atoms with van der Waals surface area (Å²) in [5.41, 5.74) is 0.917. The van der Waals surface area contributed by atoms with Gasteiger partial charge < -0.3 is 19.6 Å². The van der Waals surface area contributed by atoms with Gasteiger partial charge in [0.25, 0.3) is 0 Å². The summed E-state index contributed by atoms with van der Waals surface area (Å²) in [6.45, 7) is 1.13. The molecular formula is C14H20BrN3O3. The van der Waals surface area contributed by atoms with Crippen molar-refractivity contribution in [2.45, 2.75) is 12.5 Å². The lowest BCUT2D eigenvalue weighted by atomic mass is 10.0. The molecule has 1 N–H and O–H groups in total. The van der Waals surface area contributed by atoms with Gasteiger partial charge in [-0.15, -0.1) is 0 Å². The van der Waals surface area contributed by atoms with E-state index in [0.29, 0.717) is 25.4 Å². The highest BCUT2D eigenvalue weighted by atomic mass is 79.9. The molecule has 0 spiro atoms. The van der Waals surface area contributed by atoms with Crippen LogP contribution in [0.25, 0.3) is 0 Å². The molecule has 6 nitrogen and oxygen atoms in total. The van der Waals surface area contributed by atoms with Crippen molar-refractivity contribution in [3.8, 4) is 5.88 Å². The number of pyridine rings is 1. The second-order valence-electron chi connectivity index (χ2n) is 5.40. The molecule has 1 aliphatic heterocycles. The SMILES string of the molecule is COc1cc(N2C[C@@H](CC(=O)N(C)C)[C@H](O)C2)c(Br)cn1. The molecule has 1 fully saturated rings. The van der Waals surface area contributed by atoms with Crippen LogP contribution in [0.4, 0.5) is 5.69 Å². The molecule has 1 aromatic heterocycles. The van der Waals surface area contributed by atoms with Crippen molar-refractivity contribution in [3.63, 3.8) is 0 Å². The second kappa shape index (κ2) is 6.62. The first-order chi connectivity index (χ1) is 9.92. The van der Waals surface area contributed by atoms with Crippen LogP contribution >= 0.6 is 15.9 Å². The van der Waals surface area contributed by atoms with Gasteiger partial charge in [-0.1, -0.05) is 0 Å². The lowest BCUT2D eigenvalue weighted by Gasteiger charge is -2.20. The first-order valence-corrected chi connectivity index (χ1v) is 7.54. The Morgan fingerprint density at radius 3 is 2.90 bits per heavy atom. The van der Waals surface area contributed by atoms with Crippen molar-refractivity contribution in [1.82, 2.24) is 9.88 Å². The molecule has 2 rings (SSSR count). The maximum absolute atomic E-state index is 11.8. The fraction of sp³-hybridized carbons (Fsp3) is 0.571. The molecule has 0 unspecified atom stereocenters. The zero-order chi connectivity index (χ0) is 15.6. The molecule has 1 aromatic rings. The molecule has 2 heterocycles. The van der Waals surface area contributed by atoms with Gasteiger partial charge in [0.05, 0.1) is 23.4 Å². The number of aliphatic hydroxyl groups excluding tert-OH is 1. The summed E-state index contributed by atoms with van der Waals surface area (Å²) in [7, 11) is 5.02. The van der Waals surface area contributed by atoms with Crippen LogP contribution in [-0.2, 0) is 4.79 Å². The highest BCUT2D eigenvalue weighted by molar-refractivity contribution is 9.10. The van der Waals surface area contributed by atoms with E-state index in [4.69, 9.17) is 4.74 Å². The molecule has 7 heteroatoms. The minimum absolute atomic E-state index is 0.0345. The van der Waals surface area contributed by atoms with E-state index in [-0.39, 0.29) is 11.8 Å². The quantitative estimate of drug-likeness (QED) is 0.874. The normalized spacial score (nSPS) is 21.5. The van der Waals surface area contributed by atoms with Crippen LogP contribution in [0, 0.1) is 5.92 Å². The molecule has 1 aliphatic rings. The fourth-order valence-corrected chi connectivity index (χ4v) is 2.89. The van der Waals surface area contributed by atoms with Crippen molar-refractivity contribution in [1.29, 1.82) is 0 Å². The Bertz CT molecular complexity index is 524. The molecule has 0 radical (unpaired) electrons. The number of carbonyl (C=O) groups excluding carboxylic acids is 1. The van der Waals surface area contributed by atoms with E-state index in [0.717, 1.165) is 10.2 Å². The summed E-state index contributed by atoms with van der Waals surface area (Å²) in [5, 5.41) is 10.2. The van der Waals surface area contributed by atoms with Crippen LogP contribution in [-0.4, -0.2) is 61.3 Å². The number of nitrogens with zero attached hydrogens (tertiary/aromatic N) is 3. The summed E-state index contributed by atoms with van der Waals surface area (Å²) < 4.78 is 5.98. The zero-order valence-electron chi connectivity index (χ0n) is 12.4. The number of aliphatic hydroxyl groups is 1. The number of carbonyl (C=O) groups is 1. The van der Waals surface area contributed by atoms with E-state index in [1.54, 1.807) is 32.3 Å². The van der Waals surface area contributed by atoms with Gasteiger partial charge in [0.1, 0.15) is 0 Å². The highest BCUT2D eigenvalue weighted by Gasteiger charge is 2.34. The fourth-order valence-electron chi connectivity index (χ4n) is 2.42. The molecule has 0 aromatic carbocycles. The summed E-state index contributed by atoms with van der Waals surface area (Å²) in [5.74, 6) is 0.494. The Morgan fingerprint density at radius 1 is 1.57 bits per heavy atom.